The molecule has 1 amide bonds. The van der Waals surface area contributed by atoms with E-state index in [1.54, 1.807) is 24.4 Å². The summed E-state index contributed by atoms with van der Waals surface area (Å²) in [5.41, 5.74) is 0.424. The van der Waals surface area contributed by atoms with Gasteiger partial charge in [-0.1, -0.05) is 33.6 Å². The van der Waals surface area contributed by atoms with E-state index in [0.717, 1.165) is 22.7 Å². The Hall–Kier alpha value is -2.13. The molecule has 4 rings (SSSR count). The summed E-state index contributed by atoms with van der Waals surface area (Å²) >= 11 is 9.40. The lowest BCUT2D eigenvalue weighted by molar-refractivity contribution is -0.141. The van der Waals surface area contributed by atoms with E-state index < -0.39 is 11.9 Å². The largest absolute Gasteiger partial charge is 0.436 e. The molecule has 1 aromatic carbocycles. The second-order valence-electron chi connectivity index (χ2n) is 6.84. The zero-order valence-corrected chi connectivity index (χ0v) is 17.3. The molecule has 152 valence electrons. The first-order chi connectivity index (χ1) is 13.8. The van der Waals surface area contributed by atoms with E-state index in [-0.39, 0.29) is 29.8 Å². The SMILES string of the molecule is O=C(CCn1nc(C(F)(F)F)c(Cl)c1C1CC1)Nc1ccc(Br)c2cccnc12. The van der Waals surface area contributed by atoms with Crippen LogP contribution in [0.2, 0.25) is 5.02 Å². The highest BCUT2D eigenvalue weighted by atomic mass is 79.9. The number of fused-ring (bicyclic) bond motifs is 1. The number of carbonyl (C=O) groups excluding carboxylic acids is 1. The van der Waals surface area contributed by atoms with Gasteiger partial charge in [-0.3, -0.25) is 14.5 Å². The van der Waals surface area contributed by atoms with Gasteiger partial charge in [0.2, 0.25) is 5.91 Å². The fraction of sp³-hybridized carbons (Fsp3) is 0.316. The average molecular weight is 488 g/mol. The molecule has 0 radical (unpaired) electrons. The normalized spacial score (nSPS) is 14.4. The summed E-state index contributed by atoms with van der Waals surface area (Å²) in [5.74, 6) is -0.380. The van der Waals surface area contributed by atoms with Gasteiger partial charge in [0.25, 0.3) is 0 Å². The van der Waals surface area contributed by atoms with Crippen molar-refractivity contribution >= 4 is 50.0 Å². The minimum absolute atomic E-state index is 0.00928. The van der Waals surface area contributed by atoms with Crippen molar-refractivity contribution in [2.45, 2.75) is 37.9 Å². The number of pyridine rings is 1. The maximum absolute atomic E-state index is 13.1. The van der Waals surface area contributed by atoms with Crippen LogP contribution in [-0.2, 0) is 17.5 Å². The Bertz CT molecular complexity index is 1090. The molecule has 0 atom stereocenters. The number of hydrogen-bond acceptors (Lipinski definition) is 3. The Morgan fingerprint density at radius 3 is 2.76 bits per heavy atom. The smallest absolute Gasteiger partial charge is 0.324 e. The molecule has 3 aromatic rings. The van der Waals surface area contributed by atoms with E-state index in [1.807, 2.05) is 6.07 Å². The fourth-order valence-corrected chi connectivity index (χ4v) is 4.06. The van der Waals surface area contributed by atoms with Crippen LogP contribution < -0.4 is 5.32 Å². The first-order valence-electron chi connectivity index (χ1n) is 8.92. The molecule has 1 aliphatic carbocycles. The van der Waals surface area contributed by atoms with Crippen LogP contribution >= 0.6 is 27.5 Å². The monoisotopic (exact) mass is 486 g/mol. The fourth-order valence-electron chi connectivity index (χ4n) is 3.21. The molecule has 1 N–H and O–H groups in total. The van der Waals surface area contributed by atoms with Crippen molar-refractivity contribution < 1.29 is 18.0 Å². The van der Waals surface area contributed by atoms with E-state index >= 15 is 0 Å². The molecule has 0 spiro atoms. The van der Waals surface area contributed by atoms with Gasteiger partial charge in [0.1, 0.15) is 0 Å². The van der Waals surface area contributed by atoms with E-state index in [2.05, 4.69) is 31.3 Å². The summed E-state index contributed by atoms with van der Waals surface area (Å²) in [5, 5.41) is 6.91. The van der Waals surface area contributed by atoms with Gasteiger partial charge >= 0.3 is 6.18 Å². The van der Waals surface area contributed by atoms with E-state index in [4.69, 9.17) is 11.6 Å². The molecule has 29 heavy (non-hydrogen) atoms. The van der Waals surface area contributed by atoms with E-state index in [9.17, 15) is 18.0 Å². The third kappa shape index (κ3) is 4.11. The van der Waals surface area contributed by atoms with Crippen LogP contribution in [-0.4, -0.2) is 20.7 Å². The minimum Gasteiger partial charge on any atom is -0.324 e. The maximum atomic E-state index is 13.1. The first-order valence-corrected chi connectivity index (χ1v) is 10.1. The molecule has 1 fully saturated rings. The van der Waals surface area contributed by atoms with Crippen molar-refractivity contribution in [1.82, 2.24) is 14.8 Å². The van der Waals surface area contributed by atoms with Gasteiger partial charge in [-0.25, -0.2) is 0 Å². The average Bonchev–Trinajstić information content (AvgIpc) is 3.44. The van der Waals surface area contributed by atoms with Crippen LogP contribution in [0.5, 0.6) is 0 Å². The Labute approximate surface area is 177 Å². The molecule has 0 saturated heterocycles. The van der Waals surface area contributed by atoms with Crippen molar-refractivity contribution in [2.24, 2.45) is 0 Å². The summed E-state index contributed by atoms with van der Waals surface area (Å²) in [6.07, 6.45) is -1.51. The number of halogens is 5. The quantitative estimate of drug-likeness (QED) is 0.497. The van der Waals surface area contributed by atoms with Crippen LogP contribution in [0.15, 0.2) is 34.9 Å². The first kappa shape index (κ1) is 20.2. The van der Waals surface area contributed by atoms with Crippen molar-refractivity contribution in [1.29, 1.82) is 0 Å². The Morgan fingerprint density at radius 1 is 1.31 bits per heavy atom. The Kier molecular flexibility index (Phi) is 5.29. The van der Waals surface area contributed by atoms with Gasteiger partial charge in [0, 0.05) is 28.4 Å². The number of aryl methyl sites for hydroxylation is 1. The number of aromatic nitrogens is 3. The molecule has 1 saturated carbocycles. The number of hydrogen-bond donors (Lipinski definition) is 1. The Morgan fingerprint density at radius 2 is 2.07 bits per heavy atom. The zero-order valence-electron chi connectivity index (χ0n) is 14.9. The minimum atomic E-state index is -4.63. The van der Waals surface area contributed by atoms with Gasteiger partial charge in [0.05, 0.1) is 28.5 Å². The highest BCUT2D eigenvalue weighted by molar-refractivity contribution is 9.10. The number of benzene rings is 1. The molecular weight excluding hydrogens is 473 g/mol. The lowest BCUT2D eigenvalue weighted by Gasteiger charge is -2.10. The highest BCUT2D eigenvalue weighted by Gasteiger charge is 2.42. The van der Waals surface area contributed by atoms with E-state index in [1.165, 1.54) is 4.68 Å². The van der Waals surface area contributed by atoms with Crippen LogP contribution in [0.3, 0.4) is 0 Å². The highest BCUT2D eigenvalue weighted by Crippen LogP contribution is 2.46. The van der Waals surface area contributed by atoms with Crippen molar-refractivity contribution in [3.63, 3.8) is 0 Å². The van der Waals surface area contributed by atoms with Gasteiger partial charge in [-0.05, 0) is 31.0 Å². The van der Waals surface area contributed by atoms with Gasteiger partial charge in [-0.15, -0.1) is 0 Å². The predicted octanol–water partition coefficient (Wildman–Crippen LogP) is 5.77. The van der Waals surface area contributed by atoms with Gasteiger partial charge in [-0.2, -0.15) is 18.3 Å². The molecule has 1 aliphatic rings. The molecule has 10 heteroatoms. The van der Waals surface area contributed by atoms with Crippen LogP contribution in [0.1, 0.15) is 36.6 Å². The number of carbonyl (C=O) groups is 1. The molecule has 5 nitrogen and oxygen atoms in total. The molecule has 2 aromatic heterocycles. The number of anilines is 1. The third-order valence-electron chi connectivity index (χ3n) is 4.71. The lowest BCUT2D eigenvalue weighted by atomic mass is 10.2. The summed E-state index contributed by atoms with van der Waals surface area (Å²) in [4.78, 5) is 16.7. The number of nitrogens with zero attached hydrogens (tertiary/aromatic N) is 3. The predicted molar refractivity (Wildman–Crippen MR) is 107 cm³/mol. The van der Waals surface area contributed by atoms with Crippen LogP contribution in [0.4, 0.5) is 18.9 Å². The summed E-state index contributed by atoms with van der Waals surface area (Å²) in [6.45, 7) is 0.00928. The topological polar surface area (TPSA) is 59.8 Å². The second kappa shape index (κ2) is 7.60. The summed E-state index contributed by atoms with van der Waals surface area (Å²) in [6, 6.07) is 7.18. The lowest BCUT2D eigenvalue weighted by Crippen LogP contribution is -2.17. The number of nitrogens with one attached hydrogen (secondary N) is 1. The van der Waals surface area contributed by atoms with Gasteiger partial charge in [0.15, 0.2) is 5.69 Å². The van der Waals surface area contributed by atoms with Crippen molar-refractivity contribution in [3.05, 3.63) is 51.3 Å². The number of alkyl halides is 3. The van der Waals surface area contributed by atoms with Crippen LogP contribution in [0.25, 0.3) is 10.9 Å². The second-order valence-corrected chi connectivity index (χ2v) is 8.07. The zero-order chi connectivity index (χ0) is 20.8. The van der Waals surface area contributed by atoms with Crippen molar-refractivity contribution in [2.75, 3.05) is 5.32 Å². The maximum Gasteiger partial charge on any atom is 0.436 e. The molecule has 0 unspecified atom stereocenters. The molecule has 0 bridgehead atoms. The molecule has 0 aliphatic heterocycles. The third-order valence-corrected chi connectivity index (χ3v) is 5.77. The van der Waals surface area contributed by atoms with Gasteiger partial charge < -0.3 is 5.32 Å². The standard InChI is InChI=1S/C19H15BrClF3N4O/c20-12-5-6-13(16-11(12)2-1-8-25-16)26-14(29)7-9-28-17(10-3-4-10)15(21)18(27-28)19(22,23)24/h1-2,5-6,8,10H,3-4,7,9H2,(H,26,29). The summed E-state index contributed by atoms with van der Waals surface area (Å²) < 4.78 is 41.5. The Balaban J connectivity index is 1.52. The van der Waals surface area contributed by atoms with E-state index in [0.29, 0.717) is 16.9 Å². The van der Waals surface area contributed by atoms with Crippen molar-refractivity contribution in [3.8, 4) is 0 Å². The number of rotatable bonds is 5. The molecule has 2 heterocycles. The number of amides is 1. The molecular formula is C19H15BrClF3N4O. The summed E-state index contributed by atoms with van der Waals surface area (Å²) in [7, 11) is 0. The van der Waals surface area contributed by atoms with Crippen LogP contribution in [0, 0.1) is 0 Å².